The number of H-pyrrole nitrogens is 1. The number of furan rings is 1. The molecule has 1 atom stereocenters. The van der Waals surface area contributed by atoms with Gasteiger partial charge >= 0.3 is 0 Å². The van der Waals surface area contributed by atoms with Gasteiger partial charge in [-0.15, -0.1) is 28.1 Å². The molecule has 7 nitrogen and oxygen atoms in total. The highest BCUT2D eigenvalue weighted by atomic mass is 32.2. The number of fused-ring (bicyclic) bond motifs is 1. The van der Waals surface area contributed by atoms with Crippen LogP contribution in [0.1, 0.15) is 23.8 Å². The Morgan fingerprint density at radius 3 is 2.79 bits per heavy atom. The van der Waals surface area contributed by atoms with Crippen LogP contribution in [0.2, 0.25) is 0 Å². The lowest BCUT2D eigenvalue weighted by Crippen LogP contribution is -2.12. The number of aryl methyl sites for hydroxylation is 1. The molecule has 0 saturated heterocycles. The van der Waals surface area contributed by atoms with Gasteiger partial charge in [0.05, 0.1) is 22.5 Å². The molecule has 0 saturated carbocycles. The number of nitrogens with one attached hydrogen (secondary N) is 1. The average molecular weight is 476 g/mol. The van der Waals surface area contributed by atoms with Crippen molar-refractivity contribution in [1.82, 2.24) is 24.7 Å². The molecule has 1 unspecified atom stereocenters. The van der Waals surface area contributed by atoms with Crippen LogP contribution in [-0.4, -0.2) is 24.7 Å². The first-order valence-electron chi connectivity index (χ1n) is 10.4. The minimum Gasteiger partial charge on any atom is -0.469 e. The second-order valence-corrected chi connectivity index (χ2v) is 9.67. The summed E-state index contributed by atoms with van der Waals surface area (Å²) in [5.74, 6) is 2.10. The van der Waals surface area contributed by atoms with Gasteiger partial charge in [-0.1, -0.05) is 48.2 Å². The van der Waals surface area contributed by atoms with E-state index >= 15 is 0 Å². The van der Waals surface area contributed by atoms with Crippen LogP contribution in [0.4, 0.5) is 0 Å². The molecule has 5 aromatic rings. The zero-order valence-electron chi connectivity index (χ0n) is 18.1. The summed E-state index contributed by atoms with van der Waals surface area (Å²) in [6, 6.07) is 11.8. The molecule has 166 valence electrons. The van der Waals surface area contributed by atoms with E-state index in [0.717, 1.165) is 38.3 Å². The number of benzene rings is 1. The second-order valence-electron chi connectivity index (χ2n) is 7.50. The molecule has 0 spiro atoms. The highest BCUT2D eigenvalue weighted by Crippen LogP contribution is 2.36. The predicted molar refractivity (Wildman–Crippen MR) is 133 cm³/mol. The van der Waals surface area contributed by atoms with Gasteiger partial charge in [0.15, 0.2) is 11.0 Å². The Kier molecular flexibility index (Phi) is 5.74. The molecule has 0 aliphatic carbocycles. The number of aromatic amines is 1. The van der Waals surface area contributed by atoms with Crippen molar-refractivity contribution >= 4 is 33.3 Å². The summed E-state index contributed by atoms with van der Waals surface area (Å²) in [4.78, 5) is 21.5. The summed E-state index contributed by atoms with van der Waals surface area (Å²) >= 11 is 2.97. The Morgan fingerprint density at radius 2 is 2.06 bits per heavy atom. The van der Waals surface area contributed by atoms with Crippen LogP contribution >= 0.6 is 23.1 Å². The molecule has 1 aromatic carbocycles. The molecule has 0 amide bonds. The van der Waals surface area contributed by atoms with Crippen molar-refractivity contribution in [3.8, 4) is 22.5 Å². The van der Waals surface area contributed by atoms with E-state index < -0.39 is 0 Å². The molecule has 0 aliphatic heterocycles. The molecule has 9 heteroatoms. The van der Waals surface area contributed by atoms with Crippen LogP contribution in [0.25, 0.3) is 32.7 Å². The number of nitrogens with zero attached hydrogens (tertiary/aromatic N) is 4. The third-order valence-corrected chi connectivity index (χ3v) is 7.30. The quantitative estimate of drug-likeness (QED) is 0.235. The minimum atomic E-state index is -0.143. The third-order valence-electron chi connectivity index (χ3n) is 5.34. The van der Waals surface area contributed by atoms with E-state index in [4.69, 9.17) is 9.40 Å². The van der Waals surface area contributed by atoms with Crippen LogP contribution in [0, 0.1) is 6.92 Å². The molecule has 5 rings (SSSR count). The van der Waals surface area contributed by atoms with E-state index in [9.17, 15) is 4.79 Å². The van der Waals surface area contributed by atoms with Gasteiger partial charge in [0.1, 0.15) is 16.4 Å². The highest BCUT2D eigenvalue weighted by Gasteiger charge is 2.21. The first-order chi connectivity index (χ1) is 16.1. The van der Waals surface area contributed by atoms with Crippen molar-refractivity contribution < 1.29 is 4.42 Å². The fourth-order valence-electron chi connectivity index (χ4n) is 3.69. The Labute approximate surface area is 198 Å². The maximum Gasteiger partial charge on any atom is 0.260 e. The Balaban J connectivity index is 1.48. The SMILES string of the molecule is C=CCn1c(SC(C)c2nc3scc(-c4ccccc4)c3c(=O)[nH]2)nnc1-c1ccoc1C. The number of hydrogen-bond donors (Lipinski definition) is 1. The van der Waals surface area contributed by atoms with Gasteiger partial charge in [-0.3, -0.25) is 9.36 Å². The molecular formula is C24H21N5O2S2. The third kappa shape index (κ3) is 3.94. The summed E-state index contributed by atoms with van der Waals surface area (Å²) in [6.45, 7) is 8.31. The van der Waals surface area contributed by atoms with E-state index in [0.29, 0.717) is 17.8 Å². The summed E-state index contributed by atoms with van der Waals surface area (Å²) < 4.78 is 7.42. The smallest absolute Gasteiger partial charge is 0.260 e. The molecule has 0 aliphatic rings. The molecule has 0 fully saturated rings. The number of hydrogen-bond acceptors (Lipinski definition) is 7. The normalized spacial score (nSPS) is 12.3. The summed E-state index contributed by atoms with van der Waals surface area (Å²) in [5, 5.41) is 12.0. The Hall–Kier alpha value is -3.43. The van der Waals surface area contributed by atoms with Crippen LogP contribution in [0.3, 0.4) is 0 Å². The lowest BCUT2D eigenvalue weighted by atomic mass is 10.1. The molecule has 1 N–H and O–H groups in total. The summed E-state index contributed by atoms with van der Waals surface area (Å²) in [5.41, 5.74) is 2.67. The minimum absolute atomic E-state index is 0.134. The second kappa shape index (κ2) is 8.84. The zero-order chi connectivity index (χ0) is 22.9. The number of allylic oxidation sites excluding steroid dienone is 1. The van der Waals surface area contributed by atoms with E-state index in [1.807, 2.05) is 60.2 Å². The average Bonchev–Trinajstić information content (AvgIpc) is 3.54. The van der Waals surface area contributed by atoms with Gasteiger partial charge in [0, 0.05) is 17.5 Å². The molecule has 0 radical (unpaired) electrons. The van der Waals surface area contributed by atoms with Crippen molar-refractivity contribution in [2.45, 2.75) is 30.8 Å². The zero-order valence-corrected chi connectivity index (χ0v) is 19.7. The van der Waals surface area contributed by atoms with Gasteiger partial charge < -0.3 is 9.40 Å². The summed E-state index contributed by atoms with van der Waals surface area (Å²) in [6.07, 6.45) is 3.45. The molecule has 4 heterocycles. The van der Waals surface area contributed by atoms with Crippen molar-refractivity contribution in [3.63, 3.8) is 0 Å². The van der Waals surface area contributed by atoms with Crippen LogP contribution < -0.4 is 5.56 Å². The first-order valence-corrected chi connectivity index (χ1v) is 12.1. The van der Waals surface area contributed by atoms with Gasteiger partial charge in [-0.2, -0.15) is 0 Å². The maximum absolute atomic E-state index is 13.0. The van der Waals surface area contributed by atoms with Gasteiger partial charge in [0.25, 0.3) is 5.56 Å². The number of aromatic nitrogens is 5. The monoisotopic (exact) mass is 475 g/mol. The Bertz CT molecular complexity index is 1500. The van der Waals surface area contributed by atoms with Crippen molar-refractivity contribution in [3.05, 3.63) is 82.6 Å². The number of thioether (sulfide) groups is 1. The fourth-order valence-corrected chi connectivity index (χ4v) is 5.56. The first kappa shape index (κ1) is 21.4. The molecule has 33 heavy (non-hydrogen) atoms. The van der Waals surface area contributed by atoms with E-state index in [1.54, 1.807) is 12.3 Å². The number of thiophene rings is 1. The Morgan fingerprint density at radius 1 is 1.24 bits per heavy atom. The van der Waals surface area contributed by atoms with Crippen LogP contribution in [-0.2, 0) is 6.54 Å². The maximum atomic E-state index is 13.0. The van der Waals surface area contributed by atoms with E-state index in [2.05, 4.69) is 21.8 Å². The van der Waals surface area contributed by atoms with Gasteiger partial charge in [-0.05, 0) is 25.5 Å². The summed E-state index contributed by atoms with van der Waals surface area (Å²) in [7, 11) is 0. The standard InChI is InChI=1S/C24H21N5O2S2/c1-4-11-29-21(17-10-12-31-14(17)2)27-28-24(29)33-15(3)20-25-22(30)19-18(13-32-23(19)26-20)16-8-6-5-7-9-16/h4-10,12-13,15H,1,11H2,2-3H3,(H,25,26,30). The molecule has 0 bridgehead atoms. The van der Waals surface area contributed by atoms with Gasteiger partial charge in [-0.25, -0.2) is 4.98 Å². The van der Waals surface area contributed by atoms with Crippen molar-refractivity contribution in [2.75, 3.05) is 0 Å². The topological polar surface area (TPSA) is 89.6 Å². The molecular weight excluding hydrogens is 454 g/mol. The lowest BCUT2D eigenvalue weighted by molar-refractivity contribution is 0.534. The van der Waals surface area contributed by atoms with Crippen LogP contribution in [0.15, 0.2) is 75.1 Å². The van der Waals surface area contributed by atoms with Crippen LogP contribution in [0.5, 0.6) is 0 Å². The van der Waals surface area contributed by atoms with Gasteiger partial charge in [0.2, 0.25) is 0 Å². The predicted octanol–water partition coefficient (Wildman–Crippen LogP) is 5.85. The highest BCUT2D eigenvalue weighted by molar-refractivity contribution is 7.99. The molecule has 4 aromatic heterocycles. The van der Waals surface area contributed by atoms with E-state index in [1.165, 1.54) is 23.1 Å². The fraction of sp³-hybridized carbons (Fsp3) is 0.167. The lowest BCUT2D eigenvalue weighted by Gasteiger charge is -2.12. The van der Waals surface area contributed by atoms with Crippen molar-refractivity contribution in [2.24, 2.45) is 0 Å². The van der Waals surface area contributed by atoms with E-state index in [-0.39, 0.29) is 10.8 Å². The largest absolute Gasteiger partial charge is 0.469 e. The van der Waals surface area contributed by atoms with Crippen molar-refractivity contribution in [1.29, 1.82) is 0 Å². The number of rotatable bonds is 7.